The number of carbonyl (C=O) groups is 1. The highest BCUT2D eigenvalue weighted by Gasteiger charge is 2.45. The van der Waals surface area contributed by atoms with E-state index in [9.17, 15) is 4.79 Å². The highest BCUT2D eigenvalue weighted by atomic mass is 16.1. The molecular formula is C11H14O. The van der Waals surface area contributed by atoms with E-state index in [1.54, 1.807) is 0 Å². The molecular weight excluding hydrogens is 148 g/mol. The van der Waals surface area contributed by atoms with Gasteiger partial charge in [0.25, 0.3) is 0 Å². The van der Waals surface area contributed by atoms with Crippen molar-refractivity contribution in [3.63, 3.8) is 0 Å². The quantitative estimate of drug-likeness (QED) is 0.499. The Morgan fingerprint density at radius 3 is 1.83 bits per heavy atom. The molecule has 0 aliphatic heterocycles. The van der Waals surface area contributed by atoms with E-state index in [2.05, 4.69) is 12.2 Å². The second kappa shape index (κ2) is 2.21. The Balaban J connectivity index is 2.08. The Morgan fingerprint density at radius 1 is 0.917 bits per heavy atom. The summed E-state index contributed by atoms with van der Waals surface area (Å²) < 4.78 is 0. The van der Waals surface area contributed by atoms with Crippen molar-refractivity contribution in [1.29, 1.82) is 0 Å². The first-order chi connectivity index (χ1) is 5.86. The molecule has 64 valence electrons. The third kappa shape index (κ3) is 0.720. The van der Waals surface area contributed by atoms with Gasteiger partial charge in [0.05, 0.1) is 0 Å². The minimum atomic E-state index is 0.416. The molecule has 1 nitrogen and oxygen atoms in total. The van der Waals surface area contributed by atoms with Crippen LogP contribution in [0.2, 0.25) is 0 Å². The van der Waals surface area contributed by atoms with Crippen molar-refractivity contribution < 1.29 is 4.79 Å². The molecule has 0 aromatic rings. The van der Waals surface area contributed by atoms with Crippen LogP contribution in [0.4, 0.5) is 0 Å². The number of ketones is 1. The van der Waals surface area contributed by atoms with Crippen LogP contribution in [-0.2, 0) is 4.79 Å². The Labute approximate surface area is 72.8 Å². The maximum absolute atomic E-state index is 11.8. The second-order valence-electron chi connectivity index (χ2n) is 4.48. The van der Waals surface area contributed by atoms with Crippen LogP contribution < -0.4 is 0 Å². The highest BCUT2D eigenvalue weighted by Crippen LogP contribution is 2.47. The van der Waals surface area contributed by atoms with Crippen molar-refractivity contribution >= 4 is 5.78 Å². The average molecular weight is 162 g/mol. The molecule has 0 N–H and O–H groups in total. The van der Waals surface area contributed by atoms with Crippen LogP contribution in [0, 0.1) is 23.7 Å². The topological polar surface area (TPSA) is 17.1 Å². The summed E-state index contributed by atoms with van der Waals surface area (Å²) >= 11 is 0. The van der Waals surface area contributed by atoms with E-state index in [4.69, 9.17) is 0 Å². The molecule has 0 saturated heterocycles. The SMILES string of the molecule is O=C1C2CCC1C1C=CC2CC1. The van der Waals surface area contributed by atoms with E-state index in [1.807, 2.05) is 0 Å². The Morgan fingerprint density at radius 2 is 1.42 bits per heavy atom. The van der Waals surface area contributed by atoms with Gasteiger partial charge in [-0.15, -0.1) is 0 Å². The maximum Gasteiger partial charge on any atom is 0.140 e. The van der Waals surface area contributed by atoms with Gasteiger partial charge in [-0.1, -0.05) is 12.2 Å². The Kier molecular flexibility index (Phi) is 1.27. The molecule has 0 spiro atoms. The van der Waals surface area contributed by atoms with Gasteiger partial charge >= 0.3 is 0 Å². The zero-order chi connectivity index (χ0) is 8.13. The van der Waals surface area contributed by atoms with Crippen LogP contribution in [0.25, 0.3) is 0 Å². The molecule has 4 atom stereocenters. The van der Waals surface area contributed by atoms with E-state index in [0.717, 1.165) is 0 Å². The van der Waals surface area contributed by atoms with Crippen LogP contribution >= 0.6 is 0 Å². The van der Waals surface area contributed by atoms with Crippen LogP contribution in [0.3, 0.4) is 0 Å². The first kappa shape index (κ1) is 6.88. The molecule has 0 amide bonds. The minimum absolute atomic E-state index is 0.416. The van der Waals surface area contributed by atoms with E-state index < -0.39 is 0 Å². The van der Waals surface area contributed by atoms with E-state index >= 15 is 0 Å². The zero-order valence-corrected chi connectivity index (χ0v) is 7.20. The van der Waals surface area contributed by atoms with Crippen LogP contribution in [0.15, 0.2) is 12.2 Å². The monoisotopic (exact) mass is 162 g/mol. The van der Waals surface area contributed by atoms with Gasteiger partial charge in [0.1, 0.15) is 5.78 Å². The van der Waals surface area contributed by atoms with Gasteiger partial charge in [0, 0.05) is 11.8 Å². The molecule has 4 bridgehead atoms. The van der Waals surface area contributed by atoms with E-state index in [-0.39, 0.29) is 0 Å². The maximum atomic E-state index is 11.8. The first-order valence-electron chi connectivity index (χ1n) is 5.08. The molecule has 0 radical (unpaired) electrons. The Hall–Kier alpha value is -0.590. The van der Waals surface area contributed by atoms with Crippen molar-refractivity contribution in [2.75, 3.05) is 0 Å². The number of hydrogen-bond acceptors (Lipinski definition) is 1. The average Bonchev–Trinajstić information content (AvgIpc) is 2.32. The van der Waals surface area contributed by atoms with Crippen molar-refractivity contribution in [1.82, 2.24) is 0 Å². The molecule has 0 aromatic carbocycles. The first-order valence-corrected chi connectivity index (χ1v) is 5.08. The second-order valence-corrected chi connectivity index (χ2v) is 4.48. The molecule has 4 aliphatic rings. The lowest BCUT2D eigenvalue weighted by Crippen LogP contribution is -2.17. The zero-order valence-electron chi connectivity index (χ0n) is 7.20. The fourth-order valence-electron chi connectivity index (χ4n) is 3.30. The number of Topliss-reactive ketones (excluding diaryl/α,β-unsaturated/α-hetero) is 1. The van der Waals surface area contributed by atoms with Gasteiger partial charge < -0.3 is 0 Å². The van der Waals surface area contributed by atoms with Gasteiger partial charge in [0.15, 0.2) is 0 Å². The van der Waals surface area contributed by atoms with Gasteiger partial charge in [-0.25, -0.2) is 0 Å². The predicted molar refractivity (Wildman–Crippen MR) is 46.6 cm³/mol. The van der Waals surface area contributed by atoms with E-state index in [1.165, 1.54) is 25.7 Å². The van der Waals surface area contributed by atoms with Crippen LogP contribution in [0.1, 0.15) is 25.7 Å². The minimum Gasteiger partial charge on any atom is -0.299 e. The summed E-state index contributed by atoms with van der Waals surface area (Å²) in [6, 6.07) is 0. The molecule has 0 aromatic heterocycles. The summed E-state index contributed by atoms with van der Waals surface area (Å²) in [6.45, 7) is 0. The highest BCUT2D eigenvalue weighted by molar-refractivity contribution is 5.87. The molecule has 1 heteroatoms. The molecule has 0 heterocycles. The Bertz CT molecular complexity index is 230. The summed E-state index contributed by atoms with van der Waals surface area (Å²) in [6.07, 6.45) is 9.53. The van der Waals surface area contributed by atoms with Crippen LogP contribution in [0.5, 0.6) is 0 Å². The summed E-state index contributed by atoms with van der Waals surface area (Å²) in [5, 5.41) is 0. The van der Waals surface area contributed by atoms with Gasteiger partial charge in [-0.2, -0.15) is 0 Å². The standard InChI is InChI=1S/C11H14O/c12-11-9-5-6-10(11)8-2-1-7(9)3-4-8/h1-2,7-10H,3-6H2. The number of hydrogen-bond donors (Lipinski definition) is 0. The largest absolute Gasteiger partial charge is 0.299 e. The summed E-state index contributed by atoms with van der Waals surface area (Å²) in [5.41, 5.74) is 0. The molecule has 12 heavy (non-hydrogen) atoms. The third-order valence-electron chi connectivity index (χ3n) is 3.99. The molecule has 4 aliphatic carbocycles. The number of rotatable bonds is 0. The van der Waals surface area contributed by atoms with Gasteiger partial charge in [-0.3, -0.25) is 4.79 Å². The normalized spacial score (nSPS) is 49.8. The molecule has 4 unspecified atom stereocenters. The predicted octanol–water partition coefficient (Wildman–Crippen LogP) is 2.18. The van der Waals surface area contributed by atoms with Crippen LogP contribution in [-0.4, -0.2) is 5.78 Å². The lowest BCUT2D eigenvalue weighted by molar-refractivity contribution is -0.124. The fourth-order valence-corrected chi connectivity index (χ4v) is 3.30. The number of allylic oxidation sites excluding steroid dienone is 2. The smallest absolute Gasteiger partial charge is 0.140 e. The summed E-state index contributed by atoms with van der Waals surface area (Å²) in [4.78, 5) is 11.8. The summed E-state index contributed by atoms with van der Waals surface area (Å²) in [7, 11) is 0. The lowest BCUT2D eigenvalue weighted by atomic mass is 9.80. The van der Waals surface area contributed by atoms with Crippen molar-refractivity contribution in [3.8, 4) is 0 Å². The molecule has 2 fully saturated rings. The van der Waals surface area contributed by atoms with E-state index in [0.29, 0.717) is 29.5 Å². The lowest BCUT2D eigenvalue weighted by Gasteiger charge is -2.24. The number of fused-ring (bicyclic) bond motifs is 1. The molecule has 2 saturated carbocycles. The summed E-state index contributed by atoms with van der Waals surface area (Å²) in [5.74, 6) is 2.65. The third-order valence-corrected chi connectivity index (χ3v) is 3.99. The van der Waals surface area contributed by atoms with Gasteiger partial charge in [0.2, 0.25) is 0 Å². The van der Waals surface area contributed by atoms with Crippen molar-refractivity contribution in [3.05, 3.63) is 12.2 Å². The molecule has 4 rings (SSSR count). The fraction of sp³-hybridized carbons (Fsp3) is 0.727. The van der Waals surface area contributed by atoms with Crippen molar-refractivity contribution in [2.24, 2.45) is 23.7 Å². The van der Waals surface area contributed by atoms with Gasteiger partial charge in [-0.05, 0) is 37.5 Å². The number of carbonyl (C=O) groups excluding carboxylic acids is 1. The van der Waals surface area contributed by atoms with Crippen molar-refractivity contribution in [2.45, 2.75) is 25.7 Å².